The van der Waals surface area contributed by atoms with Crippen LogP contribution in [0.5, 0.6) is 5.75 Å². The molecule has 4 nitrogen and oxygen atoms in total. The minimum Gasteiger partial charge on any atom is -0.507 e. The van der Waals surface area contributed by atoms with Crippen molar-refractivity contribution in [2.75, 3.05) is 11.1 Å². The van der Waals surface area contributed by atoms with E-state index >= 15 is 0 Å². The highest BCUT2D eigenvalue weighted by molar-refractivity contribution is 6.07. The van der Waals surface area contributed by atoms with Crippen molar-refractivity contribution in [2.45, 2.75) is 0 Å². The summed E-state index contributed by atoms with van der Waals surface area (Å²) in [5.41, 5.74) is 5.69. The van der Waals surface area contributed by atoms with Gasteiger partial charge in [-0.3, -0.25) is 4.79 Å². The van der Waals surface area contributed by atoms with E-state index in [4.69, 9.17) is 5.73 Å². The molecule has 0 atom stereocenters. The van der Waals surface area contributed by atoms with E-state index in [1.54, 1.807) is 0 Å². The van der Waals surface area contributed by atoms with Crippen LogP contribution in [-0.2, 0) is 0 Å². The minimum absolute atomic E-state index is 0.0775. The van der Waals surface area contributed by atoms with Gasteiger partial charge in [-0.2, -0.15) is 0 Å². The molecule has 2 aromatic rings. The Kier molecular flexibility index (Phi) is 3.33. The fraction of sp³-hybridized carbons (Fsp3) is 0. The molecule has 0 aliphatic carbocycles. The molecule has 0 radical (unpaired) electrons. The van der Waals surface area contributed by atoms with Crippen molar-refractivity contribution in [3.05, 3.63) is 53.6 Å². The number of hydrogen-bond acceptors (Lipinski definition) is 3. The van der Waals surface area contributed by atoms with Crippen molar-refractivity contribution >= 4 is 17.3 Å². The lowest BCUT2D eigenvalue weighted by Gasteiger charge is -2.09. The van der Waals surface area contributed by atoms with Crippen LogP contribution >= 0.6 is 0 Å². The van der Waals surface area contributed by atoms with Crippen molar-refractivity contribution in [3.8, 4) is 5.75 Å². The van der Waals surface area contributed by atoms with Gasteiger partial charge in [-0.25, -0.2) is 8.78 Å². The van der Waals surface area contributed by atoms with Crippen molar-refractivity contribution in [2.24, 2.45) is 0 Å². The molecule has 0 fully saturated rings. The average molecular weight is 264 g/mol. The molecular formula is C13H10F2N2O2. The molecular weight excluding hydrogens is 254 g/mol. The number of carbonyl (C=O) groups is 1. The van der Waals surface area contributed by atoms with E-state index in [0.29, 0.717) is 0 Å². The van der Waals surface area contributed by atoms with E-state index in [9.17, 15) is 18.7 Å². The van der Waals surface area contributed by atoms with Crippen LogP contribution in [0, 0.1) is 11.6 Å². The van der Waals surface area contributed by atoms with Crippen molar-refractivity contribution in [1.29, 1.82) is 0 Å². The third-order valence-electron chi connectivity index (χ3n) is 2.47. The van der Waals surface area contributed by atoms with Crippen molar-refractivity contribution < 1.29 is 18.7 Å². The summed E-state index contributed by atoms with van der Waals surface area (Å²) in [4.78, 5) is 11.8. The summed E-state index contributed by atoms with van der Waals surface area (Å²) in [6.07, 6.45) is 0. The standard InChI is InChI=1S/C13H10F2N2O2/c14-7-2-4-10(16)11(5-7)17-13(19)9-3-1-8(15)6-12(9)18/h1-6,18H,16H2,(H,17,19). The van der Waals surface area contributed by atoms with Gasteiger partial charge in [0.05, 0.1) is 16.9 Å². The number of amides is 1. The Morgan fingerprint density at radius 1 is 1.11 bits per heavy atom. The number of hydrogen-bond donors (Lipinski definition) is 3. The lowest BCUT2D eigenvalue weighted by molar-refractivity contribution is 0.102. The fourth-order valence-corrected chi connectivity index (χ4v) is 1.52. The summed E-state index contributed by atoms with van der Waals surface area (Å²) >= 11 is 0. The molecule has 0 saturated heterocycles. The van der Waals surface area contributed by atoms with E-state index in [0.717, 1.165) is 30.3 Å². The lowest BCUT2D eigenvalue weighted by atomic mass is 10.1. The van der Waals surface area contributed by atoms with Crippen LogP contribution in [0.15, 0.2) is 36.4 Å². The SMILES string of the molecule is Nc1ccc(F)cc1NC(=O)c1ccc(F)cc1O. The molecule has 0 unspecified atom stereocenters. The van der Waals surface area contributed by atoms with Gasteiger partial charge >= 0.3 is 0 Å². The monoisotopic (exact) mass is 264 g/mol. The molecule has 0 spiro atoms. The number of aromatic hydroxyl groups is 1. The minimum atomic E-state index is -0.713. The van der Waals surface area contributed by atoms with Crippen LogP contribution in [0.25, 0.3) is 0 Å². The molecule has 0 aliphatic heterocycles. The fourth-order valence-electron chi connectivity index (χ4n) is 1.52. The normalized spacial score (nSPS) is 10.2. The largest absolute Gasteiger partial charge is 0.507 e. The summed E-state index contributed by atoms with van der Waals surface area (Å²) in [6.45, 7) is 0. The summed E-state index contributed by atoms with van der Waals surface area (Å²) in [5, 5.41) is 11.8. The first-order valence-electron chi connectivity index (χ1n) is 5.32. The molecule has 19 heavy (non-hydrogen) atoms. The van der Waals surface area contributed by atoms with Crippen LogP contribution in [0.1, 0.15) is 10.4 Å². The number of nitrogens with one attached hydrogen (secondary N) is 1. The first kappa shape index (κ1) is 12.8. The molecule has 2 rings (SSSR count). The highest BCUT2D eigenvalue weighted by Gasteiger charge is 2.13. The Balaban J connectivity index is 2.28. The second-order valence-corrected chi connectivity index (χ2v) is 3.85. The molecule has 0 saturated carbocycles. The number of carbonyl (C=O) groups excluding carboxylic acids is 1. The topological polar surface area (TPSA) is 75.3 Å². The van der Waals surface area contributed by atoms with Crippen LogP contribution < -0.4 is 11.1 Å². The summed E-state index contributed by atoms with van der Waals surface area (Å²) in [6, 6.07) is 6.46. The van der Waals surface area contributed by atoms with Crippen molar-refractivity contribution in [1.82, 2.24) is 0 Å². The lowest BCUT2D eigenvalue weighted by Crippen LogP contribution is -2.13. The first-order valence-corrected chi connectivity index (χ1v) is 5.32. The number of phenols is 1. The average Bonchev–Trinajstić information content (AvgIpc) is 2.33. The van der Waals surface area contributed by atoms with E-state index in [2.05, 4.69) is 5.32 Å². The molecule has 0 heterocycles. The highest BCUT2D eigenvalue weighted by Crippen LogP contribution is 2.23. The van der Waals surface area contributed by atoms with Gasteiger partial charge in [0.1, 0.15) is 17.4 Å². The van der Waals surface area contributed by atoms with Crippen LogP contribution in [-0.4, -0.2) is 11.0 Å². The van der Waals surface area contributed by atoms with Crippen LogP contribution in [0.2, 0.25) is 0 Å². The van der Waals surface area contributed by atoms with Crippen molar-refractivity contribution in [3.63, 3.8) is 0 Å². The number of phenolic OH excluding ortho intramolecular Hbond substituents is 1. The predicted octanol–water partition coefficient (Wildman–Crippen LogP) is 2.50. The highest BCUT2D eigenvalue weighted by atomic mass is 19.1. The quantitative estimate of drug-likeness (QED) is 0.729. The smallest absolute Gasteiger partial charge is 0.259 e. The van der Waals surface area contributed by atoms with Gasteiger partial charge in [-0.1, -0.05) is 0 Å². The van der Waals surface area contributed by atoms with Gasteiger partial charge in [0.2, 0.25) is 0 Å². The zero-order valence-electron chi connectivity index (χ0n) is 9.65. The summed E-state index contributed by atoms with van der Waals surface area (Å²) in [5.74, 6) is -2.45. The zero-order chi connectivity index (χ0) is 14.0. The predicted molar refractivity (Wildman–Crippen MR) is 66.8 cm³/mol. The molecule has 4 N–H and O–H groups in total. The third-order valence-corrected chi connectivity index (χ3v) is 2.47. The van der Waals surface area contributed by atoms with Crippen LogP contribution in [0.4, 0.5) is 20.2 Å². The summed E-state index contributed by atoms with van der Waals surface area (Å²) in [7, 11) is 0. The second kappa shape index (κ2) is 4.93. The van der Waals surface area contributed by atoms with E-state index in [1.165, 1.54) is 6.07 Å². The van der Waals surface area contributed by atoms with Gasteiger partial charge in [0, 0.05) is 6.07 Å². The Labute approximate surface area is 107 Å². The maximum atomic E-state index is 13.0. The number of benzene rings is 2. The number of anilines is 2. The van der Waals surface area contributed by atoms with Gasteiger partial charge in [-0.05, 0) is 30.3 Å². The summed E-state index contributed by atoms with van der Waals surface area (Å²) < 4.78 is 25.8. The first-order chi connectivity index (χ1) is 8.97. The molecule has 1 amide bonds. The van der Waals surface area contributed by atoms with E-state index in [-0.39, 0.29) is 16.9 Å². The molecule has 98 valence electrons. The number of rotatable bonds is 2. The number of halogens is 2. The van der Waals surface area contributed by atoms with Gasteiger partial charge < -0.3 is 16.2 Å². The maximum Gasteiger partial charge on any atom is 0.259 e. The Morgan fingerprint density at radius 3 is 2.42 bits per heavy atom. The van der Waals surface area contributed by atoms with Crippen LogP contribution in [0.3, 0.4) is 0 Å². The Bertz CT molecular complexity index is 645. The van der Waals surface area contributed by atoms with E-state index < -0.39 is 23.3 Å². The number of nitrogen functional groups attached to an aromatic ring is 1. The molecule has 0 aromatic heterocycles. The third kappa shape index (κ3) is 2.79. The Morgan fingerprint density at radius 2 is 1.74 bits per heavy atom. The molecule has 2 aromatic carbocycles. The number of nitrogens with two attached hydrogens (primary N) is 1. The Hall–Kier alpha value is -2.63. The molecule has 0 aliphatic rings. The second-order valence-electron chi connectivity index (χ2n) is 3.85. The molecule has 0 bridgehead atoms. The molecule has 6 heteroatoms. The van der Waals surface area contributed by atoms with E-state index in [1.807, 2.05) is 0 Å². The van der Waals surface area contributed by atoms with Gasteiger partial charge in [-0.15, -0.1) is 0 Å². The maximum absolute atomic E-state index is 13.0. The van der Waals surface area contributed by atoms with Gasteiger partial charge in [0.15, 0.2) is 0 Å². The zero-order valence-corrected chi connectivity index (χ0v) is 9.65. The van der Waals surface area contributed by atoms with Gasteiger partial charge in [0.25, 0.3) is 5.91 Å².